The first-order valence-corrected chi connectivity index (χ1v) is 8.96. The second-order valence-corrected chi connectivity index (χ2v) is 6.49. The molecule has 0 aromatic heterocycles. The molecule has 1 amide bonds. The van der Waals surface area contributed by atoms with Gasteiger partial charge in [-0.05, 0) is 44.7 Å². The summed E-state index contributed by atoms with van der Waals surface area (Å²) in [5, 5.41) is 12.3. The van der Waals surface area contributed by atoms with Crippen LogP contribution in [0.2, 0.25) is 5.02 Å². The average Bonchev–Trinajstić information content (AvgIpc) is 3.03. The quantitative estimate of drug-likeness (QED) is 0.732. The minimum Gasteiger partial charge on any atom is -0.490 e. The van der Waals surface area contributed by atoms with Crippen molar-refractivity contribution in [2.24, 2.45) is 5.92 Å². The lowest BCUT2D eigenvalue weighted by Crippen LogP contribution is -2.33. The number of carboxylic acids is 1. The average molecular weight is 370 g/mol. The zero-order chi connectivity index (χ0) is 18.4. The summed E-state index contributed by atoms with van der Waals surface area (Å²) < 4.78 is 11.2. The first kappa shape index (κ1) is 19.4. The molecule has 0 unspecified atom stereocenters. The Bertz CT molecular complexity index is 634. The van der Waals surface area contributed by atoms with Gasteiger partial charge in [0.15, 0.2) is 11.5 Å². The van der Waals surface area contributed by atoms with E-state index < -0.39 is 11.9 Å². The van der Waals surface area contributed by atoms with E-state index in [1.54, 1.807) is 12.1 Å². The van der Waals surface area contributed by atoms with Gasteiger partial charge in [0.2, 0.25) is 0 Å². The minimum atomic E-state index is -0.809. The molecule has 2 atom stereocenters. The molecule has 7 heteroatoms. The van der Waals surface area contributed by atoms with Crippen LogP contribution < -0.4 is 14.8 Å². The van der Waals surface area contributed by atoms with Crippen molar-refractivity contribution in [2.45, 2.75) is 45.6 Å². The van der Waals surface area contributed by atoms with Crippen molar-refractivity contribution in [3.05, 3.63) is 22.7 Å². The lowest BCUT2D eigenvalue weighted by atomic mass is 10.1. The molecular formula is C18H24ClNO5. The fourth-order valence-corrected chi connectivity index (χ4v) is 3.18. The fourth-order valence-electron chi connectivity index (χ4n) is 2.91. The number of hydrogen-bond donors (Lipinski definition) is 2. The van der Waals surface area contributed by atoms with Crippen molar-refractivity contribution in [1.29, 1.82) is 0 Å². The van der Waals surface area contributed by atoms with E-state index in [0.29, 0.717) is 54.6 Å². The second kappa shape index (κ2) is 8.94. The first-order valence-electron chi connectivity index (χ1n) is 8.59. The molecule has 2 N–H and O–H groups in total. The van der Waals surface area contributed by atoms with Crippen molar-refractivity contribution >= 4 is 23.5 Å². The lowest BCUT2D eigenvalue weighted by molar-refractivity contribution is -0.141. The number of carbonyl (C=O) groups excluding carboxylic acids is 1. The summed E-state index contributed by atoms with van der Waals surface area (Å²) in [6.45, 7) is 4.76. The molecule has 6 nitrogen and oxygen atoms in total. The van der Waals surface area contributed by atoms with Crippen molar-refractivity contribution in [3.63, 3.8) is 0 Å². The van der Waals surface area contributed by atoms with E-state index in [1.807, 2.05) is 13.8 Å². The number of rotatable bonds is 8. The van der Waals surface area contributed by atoms with E-state index >= 15 is 0 Å². The third-order valence-corrected chi connectivity index (χ3v) is 4.42. The van der Waals surface area contributed by atoms with Crippen molar-refractivity contribution in [2.75, 3.05) is 13.2 Å². The van der Waals surface area contributed by atoms with Crippen LogP contribution in [0.25, 0.3) is 0 Å². The van der Waals surface area contributed by atoms with Crippen molar-refractivity contribution in [3.8, 4) is 11.5 Å². The molecule has 1 aliphatic carbocycles. The maximum Gasteiger partial charge on any atom is 0.306 e. The van der Waals surface area contributed by atoms with E-state index in [-0.39, 0.29) is 11.9 Å². The van der Waals surface area contributed by atoms with Gasteiger partial charge in [0.05, 0.1) is 24.2 Å². The molecule has 0 bridgehead atoms. The highest BCUT2D eigenvalue weighted by atomic mass is 35.5. The van der Waals surface area contributed by atoms with Crippen LogP contribution in [0.5, 0.6) is 11.5 Å². The molecule has 0 aliphatic heterocycles. The van der Waals surface area contributed by atoms with Crippen LogP contribution in [-0.4, -0.2) is 36.2 Å². The van der Waals surface area contributed by atoms with Crippen LogP contribution in [0, 0.1) is 5.92 Å². The van der Waals surface area contributed by atoms with Crippen LogP contribution in [-0.2, 0) is 4.79 Å². The van der Waals surface area contributed by atoms with Gasteiger partial charge in [0.25, 0.3) is 5.91 Å². The predicted octanol–water partition coefficient (Wildman–Crippen LogP) is 3.51. The number of ether oxygens (including phenoxy) is 2. The molecule has 1 saturated carbocycles. The molecule has 1 aromatic carbocycles. The van der Waals surface area contributed by atoms with Crippen molar-refractivity contribution < 1.29 is 24.2 Å². The highest BCUT2D eigenvalue weighted by Crippen LogP contribution is 2.37. The molecule has 2 rings (SSSR count). The van der Waals surface area contributed by atoms with Gasteiger partial charge < -0.3 is 19.9 Å². The lowest BCUT2D eigenvalue weighted by Gasteiger charge is -2.16. The predicted molar refractivity (Wildman–Crippen MR) is 94.6 cm³/mol. The van der Waals surface area contributed by atoms with Crippen LogP contribution in [0.1, 0.15) is 49.9 Å². The van der Waals surface area contributed by atoms with Crippen LogP contribution >= 0.6 is 11.6 Å². The Morgan fingerprint density at radius 3 is 2.64 bits per heavy atom. The Balaban J connectivity index is 2.12. The molecule has 1 fully saturated rings. The van der Waals surface area contributed by atoms with Gasteiger partial charge >= 0.3 is 5.97 Å². The summed E-state index contributed by atoms with van der Waals surface area (Å²) in [5.74, 6) is -0.619. The normalized spacial score (nSPS) is 19.5. The third kappa shape index (κ3) is 5.01. The molecule has 0 heterocycles. The van der Waals surface area contributed by atoms with E-state index in [2.05, 4.69) is 5.32 Å². The largest absolute Gasteiger partial charge is 0.490 e. The number of benzene rings is 1. The SMILES string of the molecule is CCCOc1c(Cl)cc(C(=O)N[C@H]2CC[C@@H](C(=O)O)C2)cc1OCC. The van der Waals surface area contributed by atoms with Crippen LogP contribution in [0.3, 0.4) is 0 Å². The second-order valence-electron chi connectivity index (χ2n) is 6.09. The number of nitrogens with one attached hydrogen (secondary N) is 1. The molecule has 0 radical (unpaired) electrons. The summed E-state index contributed by atoms with van der Waals surface area (Å²) in [6, 6.07) is 3.02. The highest BCUT2D eigenvalue weighted by Gasteiger charge is 2.31. The number of hydrogen-bond acceptors (Lipinski definition) is 4. The van der Waals surface area contributed by atoms with Gasteiger partial charge in [0.1, 0.15) is 0 Å². The first-order chi connectivity index (χ1) is 12.0. The Labute approximate surface area is 152 Å². The number of amides is 1. The van der Waals surface area contributed by atoms with Crippen molar-refractivity contribution in [1.82, 2.24) is 5.32 Å². The number of aliphatic carboxylic acids is 1. The third-order valence-electron chi connectivity index (χ3n) is 4.14. The molecule has 0 spiro atoms. The summed E-state index contributed by atoms with van der Waals surface area (Å²) in [6.07, 6.45) is 2.52. The van der Waals surface area contributed by atoms with Gasteiger partial charge in [-0.1, -0.05) is 18.5 Å². The van der Waals surface area contributed by atoms with E-state index in [4.69, 9.17) is 26.2 Å². The maximum absolute atomic E-state index is 12.5. The van der Waals surface area contributed by atoms with Gasteiger partial charge in [-0.25, -0.2) is 0 Å². The Morgan fingerprint density at radius 1 is 1.28 bits per heavy atom. The number of halogens is 1. The monoisotopic (exact) mass is 369 g/mol. The zero-order valence-electron chi connectivity index (χ0n) is 14.5. The van der Waals surface area contributed by atoms with Crippen LogP contribution in [0.15, 0.2) is 12.1 Å². The molecule has 25 heavy (non-hydrogen) atoms. The highest BCUT2D eigenvalue weighted by molar-refractivity contribution is 6.32. The minimum absolute atomic E-state index is 0.140. The topological polar surface area (TPSA) is 84.9 Å². The zero-order valence-corrected chi connectivity index (χ0v) is 15.3. The van der Waals surface area contributed by atoms with Gasteiger partial charge in [0, 0.05) is 11.6 Å². The number of carboxylic acid groups (broad SMARTS) is 1. The maximum atomic E-state index is 12.5. The van der Waals surface area contributed by atoms with E-state index in [0.717, 1.165) is 6.42 Å². The van der Waals surface area contributed by atoms with Gasteiger partial charge in [-0.3, -0.25) is 9.59 Å². The summed E-state index contributed by atoms with van der Waals surface area (Å²) >= 11 is 6.27. The standard InChI is InChI=1S/C18H24ClNO5/c1-3-7-25-16-14(19)9-12(10-15(16)24-4-2)17(21)20-13-6-5-11(8-13)18(22)23/h9-11,13H,3-8H2,1-2H3,(H,20,21)(H,22,23)/t11-,13+/m1/s1. The summed E-state index contributed by atoms with van der Waals surface area (Å²) in [7, 11) is 0. The number of carbonyl (C=O) groups is 2. The summed E-state index contributed by atoms with van der Waals surface area (Å²) in [5.41, 5.74) is 0.371. The van der Waals surface area contributed by atoms with Gasteiger partial charge in [-0.2, -0.15) is 0 Å². The van der Waals surface area contributed by atoms with E-state index in [9.17, 15) is 9.59 Å². The van der Waals surface area contributed by atoms with Crippen LogP contribution in [0.4, 0.5) is 0 Å². The molecule has 0 saturated heterocycles. The Hall–Kier alpha value is -1.95. The van der Waals surface area contributed by atoms with E-state index in [1.165, 1.54) is 0 Å². The smallest absolute Gasteiger partial charge is 0.306 e. The molecule has 1 aliphatic rings. The Morgan fingerprint density at radius 2 is 2.04 bits per heavy atom. The fraction of sp³-hybridized carbons (Fsp3) is 0.556. The molecular weight excluding hydrogens is 346 g/mol. The molecule has 138 valence electrons. The molecule has 1 aromatic rings. The summed E-state index contributed by atoms with van der Waals surface area (Å²) in [4.78, 5) is 23.5. The van der Waals surface area contributed by atoms with Gasteiger partial charge in [-0.15, -0.1) is 0 Å². The Kier molecular flexibility index (Phi) is 6.93.